The Morgan fingerprint density at radius 1 is 0.931 bits per heavy atom. The van der Waals surface area contributed by atoms with E-state index in [4.69, 9.17) is 9.84 Å². The topological polar surface area (TPSA) is 59.4 Å². The molecule has 0 aliphatic rings. The number of hydrogen-bond acceptors (Lipinski definition) is 3. The number of unbranched alkanes of at least 4 members (excludes halogenated alkanes) is 1. The van der Waals surface area contributed by atoms with Crippen LogP contribution in [0.15, 0.2) is 72.8 Å². The van der Waals surface area contributed by atoms with Gasteiger partial charge >= 0.3 is 5.97 Å². The smallest absolute Gasteiger partial charge is 0.306 e. The van der Waals surface area contributed by atoms with Crippen molar-refractivity contribution in [2.75, 3.05) is 6.61 Å². The Hall–Kier alpha value is -3.14. The highest BCUT2D eigenvalue weighted by Gasteiger charge is 2.14. The lowest BCUT2D eigenvalue weighted by Crippen LogP contribution is -2.12. The summed E-state index contributed by atoms with van der Waals surface area (Å²) < 4.78 is 5.95. The van der Waals surface area contributed by atoms with E-state index in [1.165, 1.54) is 0 Å². The number of ether oxygens (including phenoxy) is 1. The second-order valence-corrected chi connectivity index (χ2v) is 7.10. The van der Waals surface area contributed by atoms with E-state index in [1.807, 2.05) is 61.5 Å². The summed E-state index contributed by atoms with van der Waals surface area (Å²) in [6.45, 7) is 2.44. The molecule has 1 atom stereocenters. The third-order valence-corrected chi connectivity index (χ3v) is 5.02. The zero-order chi connectivity index (χ0) is 20.5. The first kappa shape index (κ1) is 20.6. The maximum Gasteiger partial charge on any atom is 0.306 e. The predicted octanol–water partition coefficient (Wildman–Crippen LogP) is 6.08. The summed E-state index contributed by atoms with van der Waals surface area (Å²) in [4.78, 5) is 15.8. The van der Waals surface area contributed by atoms with Gasteiger partial charge in [0.05, 0.1) is 18.2 Å². The standard InChI is InChI=1S/C25H27NO3/c1-2-19(25(27)28)11-9-10-16-29-24-18-22(20-12-5-3-6-13-20)17-23(26-24)21-14-7-4-8-15-21/h3-8,12-15,17-19H,2,9-11,16H2,1H3,(H,27,28). The number of carboxylic acid groups (broad SMARTS) is 1. The van der Waals surface area contributed by atoms with Crippen molar-refractivity contribution in [3.63, 3.8) is 0 Å². The maximum atomic E-state index is 11.1. The van der Waals surface area contributed by atoms with Crippen LogP contribution in [0.3, 0.4) is 0 Å². The van der Waals surface area contributed by atoms with Crippen molar-refractivity contribution >= 4 is 5.97 Å². The van der Waals surface area contributed by atoms with Crippen molar-refractivity contribution in [3.05, 3.63) is 72.8 Å². The number of carboxylic acids is 1. The van der Waals surface area contributed by atoms with Gasteiger partial charge in [-0.25, -0.2) is 4.98 Å². The lowest BCUT2D eigenvalue weighted by atomic mass is 10.00. The first-order valence-electron chi connectivity index (χ1n) is 10.2. The van der Waals surface area contributed by atoms with E-state index in [0.717, 1.165) is 35.2 Å². The van der Waals surface area contributed by atoms with Crippen LogP contribution in [0, 0.1) is 5.92 Å². The zero-order valence-electron chi connectivity index (χ0n) is 16.8. The zero-order valence-corrected chi connectivity index (χ0v) is 16.8. The molecule has 0 radical (unpaired) electrons. The fourth-order valence-corrected chi connectivity index (χ4v) is 3.31. The summed E-state index contributed by atoms with van der Waals surface area (Å²) in [6, 6.07) is 24.3. The molecule has 0 bridgehead atoms. The number of hydrogen-bond donors (Lipinski definition) is 1. The van der Waals surface area contributed by atoms with Gasteiger partial charge in [-0.05, 0) is 42.9 Å². The fraction of sp³-hybridized carbons (Fsp3) is 0.280. The molecule has 0 aliphatic heterocycles. The molecule has 4 heteroatoms. The minimum atomic E-state index is -0.710. The number of rotatable bonds is 10. The molecule has 0 spiro atoms. The van der Waals surface area contributed by atoms with Crippen LogP contribution in [-0.4, -0.2) is 22.7 Å². The van der Waals surface area contributed by atoms with Gasteiger partial charge in [0.15, 0.2) is 0 Å². The molecule has 0 saturated heterocycles. The van der Waals surface area contributed by atoms with Gasteiger partial charge < -0.3 is 9.84 Å². The van der Waals surface area contributed by atoms with E-state index >= 15 is 0 Å². The molecule has 4 nitrogen and oxygen atoms in total. The molecule has 1 unspecified atom stereocenters. The molecular formula is C25H27NO3. The number of nitrogens with zero attached hydrogens (tertiary/aromatic N) is 1. The van der Waals surface area contributed by atoms with E-state index in [1.54, 1.807) is 0 Å². The van der Waals surface area contributed by atoms with E-state index in [2.05, 4.69) is 23.2 Å². The fourth-order valence-electron chi connectivity index (χ4n) is 3.31. The molecule has 3 rings (SSSR count). The Morgan fingerprint density at radius 3 is 2.21 bits per heavy atom. The lowest BCUT2D eigenvalue weighted by molar-refractivity contribution is -0.142. The molecule has 2 aromatic carbocycles. The van der Waals surface area contributed by atoms with Gasteiger partial charge in [-0.15, -0.1) is 0 Å². The van der Waals surface area contributed by atoms with E-state index in [9.17, 15) is 4.79 Å². The molecule has 29 heavy (non-hydrogen) atoms. The normalized spacial score (nSPS) is 11.8. The monoisotopic (exact) mass is 389 g/mol. The molecule has 150 valence electrons. The van der Waals surface area contributed by atoms with Gasteiger partial charge in [0, 0.05) is 11.6 Å². The summed E-state index contributed by atoms with van der Waals surface area (Å²) in [5, 5.41) is 9.14. The Kier molecular flexibility index (Phi) is 7.40. The molecule has 3 aromatic rings. The minimum absolute atomic E-state index is 0.265. The van der Waals surface area contributed by atoms with Crippen LogP contribution in [0.5, 0.6) is 5.88 Å². The minimum Gasteiger partial charge on any atom is -0.481 e. The van der Waals surface area contributed by atoms with Crippen molar-refractivity contribution in [2.24, 2.45) is 5.92 Å². The molecule has 1 aromatic heterocycles. The van der Waals surface area contributed by atoms with Crippen molar-refractivity contribution in [1.82, 2.24) is 4.98 Å². The summed E-state index contributed by atoms with van der Waals surface area (Å²) in [5.41, 5.74) is 4.09. The van der Waals surface area contributed by atoms with Crippen LogP contribution in [0.25, 0.3) is 22.4 Å². The SMILES string of the molecule is CCC(CCCCOc1cc(-c2ccccc2)cc(-c2ccccc2)n1)C(=O)O. The molecule has 0 amide bonds. The molecule has 0 fully saturated rings. The molecule has 1 N–H and O–H groups in total. The first-order valence-corrected chi connectivity index (χ1v) is 10.2. The van der Waals surface area contributed by atoms with Gasteiger partial charge in [-0.1, -0.05) is 67.6 Å². The summed E-state index contributed by atoms with van der Waals surface area (Å²) in [5.74, 6) is -0.382. The predicted molar refractivity (Wildman–Crippen MR) is 116 cm³/mol. The van der Waals surface area contributed by atoms with Gasteiger partial charge in [0.1, 0.15) is 0 Å². The van der Waals surface area contributed by atoms with Crippen molar-refractivity contribution in [2.45, 2.75) is 32.6 Å². The lowest BCUT2D eigenvalue weighted by Gasteiger charge is -2.12. The number of pyridine rings is 1. The highest BCUT2D eigenvalue weighted by Crippen LogP contribution is 2.28. The quantitative estimate of drug-likeness (QED) is 0.427. The third-order valence-electron chi connectivity index (χ3n) is 5.02. The summed E-state index contributed by atoms with van der Waals surface area (Å²) >= 11 is 0. The van der Waals surface area contributed by atoms with Crippen LogP contribution in [0.2, 0.25) is 0 Å². The highest BCUT2D eigenvalue weighted by atomic mass is 16.5. The van der Waals surface area contributed by atoms with Crippen LogP contribution in [-0.2, 0) is 4.79 Å². The van der Waals surface area contributed by atoms with Crippen molar-refractivity contribution < 1.29 is 14.6 Å². The van der Waals surface area contributed by atoms with Crippen LogP contribution in [0.1, 0.15) is 32.6 Å². The van der Waals surface area contributed by atoms with Crippen LogP contribution < -0.4 is 4.74 Å². The van der Waals surface area contributed by atoms with Gasteiger partial charge in [-0.2, -0.15) is 0 Å². The molecule has 1 heterocycles. The first-order chi connectivity index (χ1) is 14.2. The Bertz CT molecular complexity index is 852. The molecular weight excluding hydrogens is 362 g/mol. The summed E-state index contributed by atoms with van der Waals surface area (Å²) in [7, 11) is 0. The molecule has 0 aliphatic carbocycles. The summed E-state index contributed by atoms with van der Waals surface area (Å²) in [6.07, 6.45) is 2.98. The number of aliphatic carboxylic acids is 1. The Balaban J connectivity index is 1.71. The van der Waals surface area contributed by atoms with Gasteiger partial charge in [0.25, 0.3) is 0 Å². The Morgan fingerprint density at radius 2 is 1.59 bits per heavy atom. The second kappa shape index (κ2) is 10.4. The van der Waals surface area contributed by atoms with Crippen LogP contribution in [0.4, 0.5) is 0 Å². The van der Waals surface area contributed by atoms with Crippen LogP contribution >= 0.6 is 0 Å². The van der Waals surface area contributed by atoms with E-state index in [-0.39, 0.29) is 5.92 Å². The van der Waals surface area contributed by atoms with E-state index in [0.29, 0.717) is 25.3 Å². The maximum absolute atomic E-state index is 11.1. The highest BCUT2D eigenvalue weighted by molar-refractivity contribution is 5.71. The van der Waals surface area contributed by atoms with E-state index < -0.39 is 5.97 Å². The average Bonchev–Trinajstić information content (AvgIpc) is 2.77. The Labute approximate surface area is 172 Å². The number of benzene rings is 2. The number of carbonyl (C=O) groups is 1. The molecule has 0 saturated carbocycles. The van der Waals surface area contributed by atoms with Crippen molar-refractivity contribution in [3.8, 4) is 28.3 Å². The second-order valence-electron chi connectivity index (χ2n) is 7.10. The largest absolute Gasteiger partial charge is 0.481 e. The van der Waals surface area contributed by atoms with Gasteiger partial charge in [0.2, 0.25) is 5.88 Å². The number of aromatic nitrogens is 1. The third kappa shape index (κ3) is 5.92. The average molecular weight is 389 g/mol. The van der Waals surface area contributed by atoms with Crippen molar-refractivity contribution in [1.29, 1.82) is 0 Å². The van der Waals surface area contributed by atoms with Gasteiger partial charge in [-0.3, -0.25) is 4.79 Å².